The lowest BCUT2D eigenvalue weighted by Crippen LogP contribution is -2.39. The van der Waals surface area contributed by atoms with Crippen LogP contribution >= 0.6 is 0 Å². The molecule has 0 aromatic carbocycles. The summed E-state index contributed by atoms with van der Waals surface area (Å²) in [6.07, 6.45) is -0.707. The highest BCUT2D eigenvalue weighted by Gasteiger charge is 2.27. The van der Waals surface area contributed by atoms with E-state index in [1.807, 2.05) is 0 Å². The number of rotatable bonds is 2. The fourth-order valence-corrected chi connectivity index (χ4v) is 1.29. The minimum atomic E-state index is -4.77. The molecule has 1 rings (SSSR count). The van der Waals surface area contributed by atoms with Gasteiger partial charge in [0, 0.05) is 26.1 Å². The fourth-order valence-electron chi connectivity index (χ4n) is 1.29. The average Bonchev–Trinajstić information content (AvgIpc) is 2.12. The smallest absolute Gasteiger partial charge is 0.448 e. The second-order valence-corrected chi connectivity index (χ2v) is 3.11. The van der Waals surface area contributed by atoms with Crippen LogP contribution in [-0.4, -0.2) is 43.9 Å². The third-order valence-corrected chi connectivity index (χ3v) is 1.87. The molecule has 0 aliphatic carbocycles. The van der Waals surface area contributed by atoms with Crippen molar-refractivity contribution in [2.24, 2.45) is 0 Å². The summed E-state index contributed by atoms with van der Waals surface area (Å²) in [5.74, 6) is -0.169. The number of halogens is 3. The first-order chi connectivity index (χ1) is 5.97. The van der Waals surface area contributed by atoms with Gasteiger partial charge >= 0.3 is 6.98 Å². The van der Waals surface area contributed by atoms with E-state index in [-0.39, 0.29) is 25.4 Å². The van der Waals surface area contributed by atoms with Crippen LogP contribution in [0.3, 0.4) is 0 Å². The number of hydrogen-bond acceptors (Lipinski definition) is 2. The quantitative estimate of drug-likeness (QED) is 0.638. The lowest BCUT2D eigenvalue weighted by Gasteiger charge is -2.25. The normalized spacial score (nSPS) is 21.0. The van der Waals surface area contributed by atoms with E-state index in [1.165, 1.54) is 4.90 Å². The number of nitrogens with one attached hydrogen (secondary N) is 1. The Labute approximate surface area is 74.3 Å². The van der Waals surface area contributed by atoms with Crippen LogP contribution in [0.2, 0.25) is 0 Å². The van der Waals surface area contributed by atoms with E-state index in [9.17, 15) is 17.7 Å². The predicted molar refractivity (Wildman–Crippen MR) is 43.1 cm³/mol. The first kappa shape index (κ1) is 10.4. The number of carbonyl (C=O) groups excluding carboxylic acids is 1. The van der Waals surface area contributed by atoms with Crippen LogP contribution in [-0.2, 0) is 4.79 Å². The van der Waals surface area contributed by atoms with E-state index >= 15 is 0 Å². The second-order valence-electron chi connectivity index (χ2n) is 3.11. The lowest BCUT2D eigenvalue weighted by atomic mass is 9.91. The second kappa shape index (κ2) is 4.00. The Bertz CT molecular complexity index is 197. The molecule has 3 nitrogen and oxygen atoms in total. The molecule has 1 N–H and O–H groups in total. The average molecular weight is 195 g/mol. The van der Waals surface area contributed by atoms with E-state index < -0.39 is 13.4 Å². The summed E-state index contributed by atoms with van der Waals surface area (Å²) >= 11 is 0. The number of amides is 1. The van der Waals surface area contributed by atoms with Crippen LogP contribution in [0.5, 0.6) is 0 Å². The van der Waals surface area contributed by atoms with Gasteiger partial charge in [0.25, 0.3) is 0 Å². The summed E-state index contributed by atoms with van der Waals surface area (Å²) in [5.41, 5.74) is 0. The molecule has 7 heteroatoms. The molecule has 0 unspecified atom stereocenters. The van der Waals surface area contributed by atoms with E-state index in [0.29, 0.717) is 6.54 Å². The van der Waals surface area contributed by atoms with Crippen molar-refractivity contribution < 1.29 is 17.7 Å². The first-order valence-corrected chi connectivity index (χ1v) is 4.17. The monoisotopic (exact) mass is 195 g/mol. The van der Waals surface area contributed by atoms with Crippen molar-refractivity contribution in [2.45, 2.75) is 6.42 Å². The third kappa shape index (κ3) is 4.16. The van der Waals surface area contributed by atoms with Crippen molar-refractivity contribution >= 4 is 12.9 Å². The van der Waals surface area contributed by atoms with Gasteiger partial charge in [-0.3, -0.25) is 4.79 Å². The minimum absolute atomic E-state index is 0.159. The van der Waals surface area contributed by atoms with Gasteiger partial charge in [0.2, 0.25) is 5.91 Å². The van der Waals surface area contributed by atoms with Gasteiger partial charge in [-0.15, -0.1) is 0 Å². The zero-order chi connectivity index (χ0) is 9.90. The minimum Gasteiger partial charge on any atom is -0.448 e. The Balaban J connectivity index is 2.38. The molecule has 1 aliphatic rings. The molecule has 0 aromatic heterocycles. The zero-order valence-electron chi connectivity index (χ0n) is 7.10. The van der Waals surface area contributed by atoms with Crippen LogP contribution in [0.4, 0.5) is 12.9 Å². The molecule has 1 fully saturated rings. The van der Waals surface area contributed by atoms with Gasteiger partial charge in [0.15, 0.2) is 0 Å². The van der Waals surface area contributed by atoms with Gasteiger partial charge in [0.05, 0.1) is 0 Å². The molecule has 0 radical (unpaired) electrons. The highest BCUT2D eigenvalue weighted by molar-refractivity contribution is 6.58. The number of carbonyl (C=O) groups is 1. The van der Waals surface area contributed by atoms with Crippen LogP contribution in [0.25, 0.3) is 0 Å². The van der Waals surface area contributed by atoms with Crippen molar-refractivity contribution in [3.8, 4) is 0 Å². The van der Waals surface area contributed by atoms with Crippen LogP contribution < -0.4 is 5.32 Å². The molecule has 1 aliphatic heterocycles. The van der Waals surface area contributed by atoms with Crippen molar-refractivity contribution in [3.63, 3.8) is 0 Å². The van der Waals surface area contributed by atoms with Gasteiger partial charge in [-0.1, -0.05) is 0 Å². The van der Waals surface area contributed by atoms with Crippen molar-refractivity contribution in [1.82, 2.24) is 10.2 Å². The molecule has 1 saturated heterocycles. The van der Waals surface area contributed by atoms with Gasteiger partial charge in [-0.2, -0.15) is 0 Å². The molecule has 1 heterocycles. The number of hydrogen-bond donors (Lipinski definition) is 1. The Kier molecular flexibility index (Phi) is 3.19. The van der Waals surface area contributed by atoms with Gasteiger partial charge in [-0.25, -0.2) is 0 Å². The molecule has 13 heavy (non-hydrogen) atoms. The first-order valence-electron chi connectivity index (χ1n) is 4.17. The summed E-state index contributed by atoms with van der Waals surface area (Å²) in [6.45, 7) is -3.97. The summed E-state index contributed by atoms with van der Waals surface area (Å²) < 4.78 is 36.0. The fraction of sp³-hybridized carbons (Fsp3) is 0.833. The van der Waals surface area contributed by atoms with Crippen LogP contribution in [0.1, 0.15) is 6.42 Å². The molecule has 0 atom stereocenters. The Hall–Kier alpha value is -0.715. The molecule has 0 bridgehead atoms. The molecule has 0 spiro atoms. The highest BCUT2D eigenvalue weighted by Crippen LogP contribution is 2.11. The van der Waals surface area contributed by atoms with E-state index in [4.69, 9.17) is 0 Å². The topological polar surface area (TPSA) is 32.3 Å². The third-order valence-electron chi connectivity index (χ3n) is 1.87. The van der Waals surface area contributed by atoms with Crippen molar-refractivity contribution in [3.05, 3.63) is 0 Å². The van der Waals surface area contributed by atoms with Crippen LogP contribution in [0, 0.1) is 0 Å². The maximum absolute atomic E-state index is 12.0. The van der Waals surface area contributed by atoms with Gasteiger partial charge in [0.1, 0.15) is 0 Å². The largest absolute Gasteiger partial charge is 0.492 e. The predicted octanol–water partition coefficient (Wildman–Crippen LogP) is 0.195. The van der Waals surface area contributed by atoms with Crippen molar-refractivity contribution in [1.29, 1.82) is 0 Å². The van der Waals surface area contributed by atoms with Crippen molar-refractivity contribution in [2.75, 3.05) is 26.1 Å². The molecule has 0 saturated carbocycles. The van der Waals surface area contributed by atoms with Gasteiger partial charge in [-0.05, 0) is 6.44 Å². The zero-order valence-corrected chi connectivity index (χ0v) is 7.10. The molecule has 76 valence electrons. The Morgan fingerprint density at radius 1 is 1.38 bits per heavy atom. The van der Waals surface area contributed by atoms with Crippen LogP contribution in [0.15, 0.2) is 0 Å². The Morgan fingerprint density at radius 2 is 2.08 bits per heavy atom. The summed E-state index contributed by atoms with van der Waals surface area (Å²) in [5, 5.41) is 2.52. The van der Waals surface area contributed by atoms with E-state index in [0.717, 1.165) is 0 Å². The maximum Gasteiger partial charge on any atom is 0.492 e. The standard InChI is InChI=1S/C6H11BF3N2O/c8-7(9,10)5-12-3-1-6(13)11-2-4-12/h1-5H2,(H,11,13)/q-1. The molecule has 1 amide bonds. The summed E-state index contributed by atoms with van der Waals surface area (Å²) in [4.78, 5) is 12.0. The molecular formula is C6H11BF3N2O-. The van der Waals surface area contributed by atoms with Gasteiger partial charge < -0.3 is 23.2 Å². The maximum atomic E-state index is 12.0. The SMILES string of the molecule is O=C1CCN(C[B-](F)(F)F)CCN1. The summed E-state index contributed by atoms with van der Waals surface area (Å²) in [6, 6.07) is 0. The molecule has 0 aromatic rings. The molecular weight excluding hydrogens is 184 g/mol. The Morgan fingerprint density at radius 3 is 2.69 bits per heavy atom. The highest BCUT2D eigenvalue weighted by atomic mass is 19.4. The number of nitrogens with zero attached hydrogens (tertiary/aromatic N) is 1. The van der Waals surface area contributed by atoms with E-state index in [2.05, 4.69) is 5.32 Å². The lowest BCUT2D eigenvalue weighted by molar-refractivity contribution is -0.120. The summed E-state index contributed by atoms with van der Waals surface area (Å²) in [7, 11) is 0. The van der Waals surface area contributed by atoms with E-state index in [1.54, 1.807) is 0 Å².